The molecule has 16 nitrogen and oxygen atoms in total. The summed E-state index contributed by atoms with van der Waals surface area (Å²) in [4.78, 5) is 22.3. The minimum absolute atomic E-state index is 0.192. The quantitative estimate of drug-likeness (QED) is 0.0659. The highest BCUT2D eigenvalue weighted by Gasteiger charge is 2.02. The van der Waals surface area contributed by atoms with Crippen molar-refractivity contribution in [3.63, 3.8) is 0 Å². The Hall–Kier alpha value is -1.54. The average molecular weight is 717 g/mol. The van der Waals surface area contributed by atoms with Crippen molar-refractivity contribution < 1.29 is 75.9 Å². The van der Waals surface area contributed by atoms with E-state index in [0.29, 0.717) is 172 Å². The summed E-state index contributed by atoms with van der Waals surface area (Å²) in [6, 6.07) is 0. The summed E-state index contributed by atoms with van der Waals surface area (Å²) in [6.45, 7) is 15.6. The molecule has 49 heavy (non-hydrogen) atoms. The van der Waals surface area contributed by atoms with Crippen molar-refractivity contribution in [2.24, 2.45) is 0 Å². The van der Waals surface area contributed by atoms with Crippen molar-refractivity contribution in [1.29, 1.82) is 0 Å². The number of carbonyl (C=O) groups is 2. The van der Waals surface area contributed by atoms with Gasteiger partial charge in [-0.1, -0.05) is 6.92 Å². The first-order chi connectivity index (χ1) is 24.2. The molecule has 0 rings (SSSR count). The highest BCUT2D eigenvalue weighted by atomic mass is 16.6. The first-order valence-corrected chi connectivity index (χ1v) is 17.4. The zero-order chi connectivity index (χ0) is 35.6. The predicted octanol–water partition coefficient (Wildman–Crippen LogP) is 1.48. The molecule has 0 aliphatic rings. The van der Waals surface area contributed by atoms with Crippen LogP contribution in [0.2, 0.25) is 0 Å². The summed E-state index contributed by atoms with van der Waals surface area (Å²) < 4.78 is 74.9. The molecule has 0 aliphatic carbocycles. The summed E-state index contributed by atoms with van der Waals surface area (Å²) >= 11 is 0. The highest BCUT2D eigenvalue weighted by molar-refractivity contribution is 5.69. The summed E-state index contributed by atoms with van der Waals surface area (Å²) in [5, 5.41) is 0. The lowest BCUT2D eigenvalue weighted by Crippen LogP contribution is -2.16. The van der Waals surface area contributed by atoms with Gasteiger partial charge in [-0.3, -0.25) is 9.59 Å². The SMILES string of the molecule is CCCC(=O)OCCOCCOCCOCCOCCOCCOCCOCCOCCOCCOCCOCCOCCC(=O)OCC. The molecule has 0 aromatic carbocycles. The molecule has 292 valence electrons. The Morgan fingerprint density at radius 1 is 0.286 bits per heavy atom. The molecule has 0 saturated heterocycles. The lowest BCUT2D eigenvalue weighted by atomic mass is 10.3. The third-order valence-corrected chi connectivity index (χ3v) is 5.79. The standard InChI is InChI=1S/C33H64O16/c1-3-5-32(34)49-31-30-47-29-28-46-27-26-45-25-24-44-23-22-43-21-20-42-19-18-41-17-16-40-15-14-39-13-12-38-11-10-37-9-8-36-7-6-33(35)48-4-2/h3-31H2,1-2H3. The molecular formula is C33H64O16. The van der Waals surface area contributed by atoms with Crippen molar-refractivity contribution in [1.82, 2.24) is 0 Å². The molecule has 0 saturated carbocycles. The van der Waals surface area contributed by atoms with Crippen molar-refractivity contribution in [2.75, 3.05) is 172 Å². The summed E-state index contributed by atoms with van der Waals surface area (Å²) in [5.41, 5.74) is 0. The van der Waals surface area contributed by atoms with E-state index in [0.717, 1.165) is 6.42 Å². The lowest BCUT2D eigenvalue weighted by Gasteiger charge is -2.09. The van der Waals surface area contributed by atoms with Crippen molar-refractivity contribution in [3.8, 4) is 0 Å². The molecule has 0 bridgehead atoms. The van der Waals surface area contributed by atoms with Crippen LogP contribution in [0.1, 0.15) is 33.1 Å². The van der Waals surface area contributed by atoms with Gasteiger partial charge in [0.05, 0.1) is 172 Å². The van der Waals surface area contributed by atoms with E-state index < -0.39 is 0 Å². The number of ether oxygens (including phenoxy) is 14. The van der Waals surface area contributed by atoms with Crippen LogP contribution in [0.5, 0.6) is 0 Å². The van der Waals surface area contributed by atoms with E-state index in [1.165, 1.54) is 0 Å². The van der Waals surface area contributed by atoms with Crippen LogP contribution in [0.25, 0.3) is 0 Å². The monoisotopic (exact) mass is 716 g/mol. The third-order valence-electron chi connectivity index (χ3n) is 5.79. The normalized spacial score (nSPS) is 11.3. The van der Waals surface area contributed by atoms with Gasteiger partial charge >= 0.3 is 11.9 Å². The minimum atomic E-state index is -0.254. The fourth-order valence-corrected chi connectivity index (χ4v) is 3.40. The zero-order valence-electron chi connectivity index (χ0n) is 30.0. The number of hydrogen-bond acceptors (Lipinski definition) is 16. The Morgan fingerprint density at radius 2 is 0.510 bits per heavy atom. The van der Waals surface area contributed by atoms with Gasteiger partial charge in [0.1, 0.15) is 6.61 Å². The van der Waals surface area contributed by atoms with Gasteiger partial charge < -0.3 is 66.3 Å². The first-order valence-electron chi connectivity index (χ1n) is 17.4. The van der Waals surface area contributed by atoms with E-state index in [9.17, 15) is 9.59 Å². The fraction of sp³-hybridized carbons (Fsp3) is 0.939. The van der Waals surface area contributed by atoms with Crippen LogP contribution in [0.3, 0.4) is 0 Å². The van der Waals surface area contributed by atoms with Crippen LogP contribution >= 0.6 is 0 Å². The zero-order valence-corrected chi connectivity index (χ0v) is 30.0. The lowest BCUT2D eigenvalue weighted by molar-refractivity contribution is -0.146. The average Bonchev–Trinajstić information content (AvgIpc) is 3.09. The van der Waals surface area contributed by atoms with Crippen LogP contribution in [-0.4, -0.2) is 184 Å². The highest BCUT2D eigenvalue weighted by Crippen LogP contribution is 1.92. The van der Waals surface area contributed by atoms with Gasteiger partial charge in [0.2, 0.25) is 0 Å². The van der Waals surface area contributed by atoms with E-state index in [1.54, 1.807) is 6.92 Å². The topological polar surface area (TPSA) is 163 Å². The van der Waals surface area contributed by atoms with Crippen LogP contribution in [-0.2, 0) is 75.9 Å². The fourth-order valence-electron chi connectivity index (χ4n) is 3.40. The maximum absolute atomic E-state index is 11.2. The molecule has 0 unspecified atom stereocenters. The second-order valence-electron chi connectivity index (χ2n) is 9.87. The molecule has 0 heterocycles. The number of esters is 2. The molecule has 0 radical (unpaired) electrons. The van der Waals surface area contributed by atoms with Crippen molar-refractivity contribution in [2.45, 2.75) is 33.1 Å². The van der Waals surface area contributed by atoms with E-state index >= 15 is 0 Å². The van der Waals surface area contributed by atoms with Gasteiger partial charge in [0.25, 0.3) is 0 Å². The van der Waals surface area contributed by atoms with E-state index in [1.807, 2.05) is 6.92 Å². The third kappa shape index (κ3) is 42.5. The Labute approximate surface area is 292 Å². The molecule has 0 amide bonds. The Balaban J connectivity index is 3.08. The second kappa shape index (κ2) is 42.6. The second-order valence-corrected chi connectivity index (χ2v) is 9.87. The van der Waals surface area contributed by atoms with Gasteiger partial charge in [-0.05, 0) is 13.3 Å². The van der Waals surface area contributed by atoms with Crippen molar-refractivity contribution >= 4 is 11.9 Å². The maximum Gasteiger partial charge on any atom is 0.308 e. The van der Waals surface area contributed by atoms with Gasteiger partial charge in [-0.15, -0.1) is 0 Å². The maximum atomic E-state index is 11.2. The largest absolute Gasteiger partial charge is 0.466 e. The smallest absolute Gasteiger partial charge is 0.308 e. The van der Waals surface area contributed by atoms with E-state index in [2.05, 4.69) is 0 Å². The van der Waals surface area contributed by atoms with E-state index in [4.69, 9.17) is 66.3 Å². The van der Waals surface area contributed by atoms with Crippen molar-refractivity contribution in [3.05, 3.63) is 0 Å². The van der Waals surface area contributed by atoms with E-state index in [-0.39, 0.29) is 25.0 Å². The molecule has 0 N–H and O–H groups in total. The molecule has 0 aromatic rings. The Morgan fingerprint density at radius 3 is 0.755 bits per heavy atom. The number of hydrogen-bond donors (Lipinski definition) is 0. The Kier molecular flexibility index (Phi) is 41.3. The van der Waals surface area contributed by atoms with Crippen LogP contribution in [0.4, 0.5) is 0 Å². The van der Waals surface area contributed by atoms with Gasteiger partial charge in [-0.25, -0.2) is 0 Å². The van der Waals surface area contributed by atoms with Gasteiger partial charge in [0.15, 0.2) is 0 Å². The molecule has 16 heteroatoms. The molecule has 0 spiro atoms. The van der Waals surface area contributed by atoms with Gasteiger partial charge in [0, 0.05) is 6.42 Å². The molecule has 0 aromatic heterocycles. The molecular weight excluding hydrogens is 652 g/mol. The number of rotatable bonds is 42. The summed E-state index contributed by atoms with van der Waals surface area (Å²) in [5.74, 6) is -0.446. The predicted molar refractivity (Wildman–Crippen MR) is 177 cm³/mol. The number of carbonyl (C=O) groups excluding carboxylic acids is 2. The van der Waals surface area contributed by atoms with Crippen LogP contribution in [0, 0.1) is 0 Å². The Bertz CT molecular complexity index is 619. The summed E-state index contributed by atoms with van der Waals surface area (Å²) in [6.07, 6.45) is 1.47. The summed E-state index contributed by atoms with van der Waals surface area (Å²) in [7, 11) is 0. The van der Waals surface area contributed by atoms with Crippen LogP contribution in [0.15, 0.2) is 0 Å². The first kappa shape index (κ1) is 47.5. The van der Waals surface area contributed by atoms with Gasteiger partial charge in [-0.2, -0.15) is 0 Å². The molecule has 0 fully saturated rings. The van der Waals surface area contributed by atoms with Crippen LogP contribution < -0.4 is 0 Å². The molecule has 0 atom stereocenters. The molecule has 0 aliphatic heterocycles. The minimum Gasteiger partial charge on any atom is -0.466 e.